The Bertz CT molecular complexity index is 561. The van der Waals surface area contributed by atoms with E-state index in [-0.39, 0.29) is 18.7 Å². The summed E-state index contributed by atoms with van der Waals surface area (Å²) in [6.45, 7) is 1.28. The minimum absolute atomic E-state index is 0.0227. The molecule has 0 saturated carbocycles. The second kappa shape index (κ2) is 6.50. The number of carbonyl (C=O) groups is 1. The van der Waals surface area contributed by atoms with Crippen LogP contribution in [0.4, 0.5) is 0 Å². The molecule has 1 aromatic rings. The standard InChI is InChI=1S/C16H17ClO4/c17-13-4-5-15-11(8-13)7-12(9-20-15)16(18)21-10-14-3-1-2-6-19-14/h4-5,7-8,14H,1-3,6,9-10H2. The van der Waals surface area contributed by atoms with Crippen LogP contribution in [0.2, 0.25) is 5.02 Å². The molecule has 3 rings (SSSR count). The summed E-state index contributed by atoms with van der Waals surface area (Å²) in [5.41, 5.74) is 1.30. The predicted molar refractivity (Wildman–Crippen MR) is 79.5 cm³/mol. The fourth-order valence-electron chi connectivity index (χ4n) is 2.47. The number of halogens is 1. The normalized spacial score (nSPS) is 21.0. The second-order valence-corrected chi connectivity index (χ2v) is 5.66. The number of hydrogen-bond acceptors (Lipinski definition) is 4. The van der Waals surface area contributed by atoms with Gasteiger partial charge in [-0.1, -0.05) is 11.6 Å². The monoisotopic (exact) mass is 308 g/mol. The molecule has 5 heteroatoms. The third kappa shape index (κ3) is 3.57. The highest BCUT2D eigenvalue weighted by atomic mass is 35.5. The van der Waals surface area contributed by atoms with Crippen LogP contribution in [0, 0.1) is 0 Å². The van der Waals surface area contributed by atoms with Crippen LogP contribution in [0.25, 0.3) is 6.08 Å². The van der Waals surface area contributed by atoms with Gasteiger partial charge in [0.05, 0.1) is 11.7 Å². The lowest BCUT2D eigenvalue weighted by Gasteiger charge is -2.23. The third-order valence-electron chi connectivity index (χ3n) is 3.62. The van der Waals surface area contributed by atoms with Crippen LogP contribution >= 0.6 is 11.6 Å². The fraction of sp³-hybridized carbons (Fsp3) is 0.438. The maximum absolute atomic E-state index is 12.1. The van der Waals surface area contributed by atoms with E-state index in [0.29, 0.717) is 17.2 Å². The van der Waals surface area contributed by atoms with Crippen LogP contribution in [0.5, 0.6) is 5.75 Å². The van der Waals surface area contributed by atoms with Gasteiger partial charge in [0.25, 0.3) is 0 Å². The smallest absolute Gasteiger partial charge is 0.337 e. The minimum Gasteiger partial charge on any atom is -0.488 e. The van der Waals surface area contributed by atoms with Crippen LogP contribution < -0.4 is 4.74 Å². The summed E-state index contributed by atoms with van der Waals surface area (Å²) in [4.78, 5) is 12.1. The SMILES string of the molecule is O=C(OCC1CCCCO1)C1=Cc2cc(Cl)ccc2OC1. The first-order chi connectivity index (χ1) is 10.2. The molecular formula is C16H17ClO4. The predicted octanol–water partition coefficient (Wildman–Crippen LogP) is 3.23. The first kappa shape index (κ1) is 14.4. The molecule has 2 aliphatic heterocycles. The van der Waals surface area contributed by atoms with Crippen molar-refractivity contribution in [3.63, 3.8) is 0 Å². The molecule has 112 valence electrons. The molecule has 1 saturated heterocycles. The number of ether oxygens (including phenoxy) is 3. The summed E-state index contributed by atoms with van der Waals surface area (Å²) in [6.07, 6.45) is 4.95. The van der Waals surface area contributed by atoms with E-state index in [1.165, 1.54) is 0 Å². The topological polar surface area (TPSA) is 44.8 Å². The second-order valence-electron chi connectivity index (χ2n) is 5.23. The molecule has 0 aromatic heterocycles. The van der Waals surface area contributed by atoms with E-state index < -0.39 is 0 Å². The van der Waals surface area contributed by atoms with E-state index in [9.17, 15) is 4.79 Å². The van der Waals surface area contributed by atoms with Gasteiger partial charge in [-0.3, -0.25) is 0 Å². The van der Waals surface area contributed by atoms with Crippen molar-refractivity contribution in [3.8, 4) is 5.75 Å². The van der Waals surface area contributed by atoms with Crippen LogP contribution in [-0.2, 0) is 14.3 Å². The summed E-state index contributed by atoms with van der Waals surface area (Å²) in [5.74, 6) is 0.376. The molecule has 4 nitrogen and oxygen atoms in total. The summed E-state index contributed by atoms with van der Waals surface area (Å²) < 4.78 is 16.4. The maximum atomic E-state index is 12.1. The Hall–Kier alpha value is -1.52. The Balaban J connectivity index is 1.62. The van der Waals surface area contributed by atoms with E-state index in [1.807, 2.05) is 0 Å². The van der Waals surface area contributed by atoms with Gasteiger partial charge >= 0.3 is 5.97 Å². The van der Waals surface area contributed by atoms with Crippen molar-refractivity contribution in [2.45, 2.75) is 25.4 Å². The number of benzene rings is 1. The largest absolute Gasteiger partial charge is 0.488 e. The zero-order chi connectivity index (χ0) is 14.7. The quantitative estimate of drug-likeness (QED) is 0.804. The highest BCUT2D eigenvalue weighted by Crippen LogP contribution is 2.29. The van der Waals surface area contributed by atoms with E-state index in [1.54, 1.807) is 24.3 Å². The average Bonchev–Trinajstić information content (AvgIpc) is 2.53. The zero-order valence-electron chi connectivity index (χ0n) is 11.6. The van der Waals surface area contributed by atoms with Gasteiger partial charge < -0.3 is 14.2 Å². The molecule has 0 spiro atoms. The summed E-state index contributed by atoms with van der Waals surface area (Å²) >= 11 is 5.95. The fourth-order valence-corrected chi connectivity index (χ4v) is 2.65. The van der Waals surface area contributed by atoms with Crippen LogP contribution in [0.3, 0.4) is 0 Å². The Morgan fingerprint density at radius 1 is 1.38 bits per heavy atom. The number of fused-ring (bicyclic) bond motifs is 1. The van der Waals surface area contributed by atoms with Crippen molar-refractivity contribution in [3.05, 3.63) is 34.4 Å². The van der Waals surface area contributed by atoms with E-state index in [4.69, 9.17) is 25.8 Å². The lowest BCUT2D eigenvalue weighted by atomic mass is 10.1. The molecule has 0 bridgehead atoms. The first-order valence-electron chi connectivity index (χ1n) is 7.14. The van der Waals surface area contributed by atoms with Crippen molar-refractivity contribution < 1.29 is 19.0 Å². The Morgan fingerprint density at radius 3 is 3.10 bits per heavy atom. The van der Waals surface area contributed by atoms with Gasteiger partial charge in [0.2, 0.25) is 0 Å². The van der Waals surface area contributed by atoms with Gasteiger partial charge in [0.15, 0.2) is 0 Å². The molecule has 1 atom stereocenters. The number of rotatable bonds is 3. The molecule has 1 fully saturated rings. The molecular weight excluding hydrogens is 292 g/mol. The average molecular weight is 309 g/mol. The van der Waals surface area contributed by atoms with Crippen molar-refractivity contribution in [1.29, 1.82) is 0 Å². The first-order valence-corrected chi connectivity index (χ1v) is 7.52. The summed E-state index contributed by atoms with van der Waals surface area (Å²) in [6, 6.07) is 5.33. The molecule has 0 aliphatic carbocycles. The van der Waals surface area contributed by atoms with Gasteiger partial charge in [-0.2, -0.15) is 0 Å². The highest BCUT2D eigenvalue weighted by molar-refractivity contribution is 6.30. The lowest BCUT2D eigenvalue weighted by Crippen LogP contribution is -2.27. The van der Waals surface area contributed by atoms with Crippen molar-refractivity contribution >= 4 is 23.6 Å². The van der Waals surface area contributed by atoms with Crippen molar-refractivity contribution in [1.82, 2.24) is 0 Å². The van der Waals surface area contributed by atoms with Crippen molar-refractivity contribution in [2.75, 3.05) is 19.8 Å². The Labute approximate surface area is 128 Å². The maximum Gasteiger partial charge on any atom is 0.337 e. The molecule has 1 aromatic carbocycles. The third-order valence-corrected chi connectivity index (χ3v) is 3.86. The zero-order valence-corrected chi connectivity index (χ0v) is 12.4. The Kier molecular flexibility index (Phi) is 4.46. The van der Waals surface area contributed by atoms with E-state index >= 15 is 0 Å². The number of carbonyl (C=O) groups excluding carboxylic acids is 1. The van der Waals surface area contributed by atoms with Crippen LogP contribution in [0.1, 0.15) is 24.8 Å². The highest BCUT2D eigenvalue weighted by Gasteiger charge is 2.21. The van der Waals surface area contributed by atoms with Gasteiger partial charge in [-0.15, -0.1) is 0 Å². The molecule has 0 N–H and O–H groups in total. The lowest BCUT2D eigenvalue weighted by molar-refractivity contribution is -0.144. The Morgan fingerprint density at radius 2 is 2.29 bits per heavy atom. The molecule has 2 aliphatic rings. The number of esters is 1. The van der Waals surface area contributed by atoms with Gasteiger partial charge in [-0.25, -0.2) is 4.79 Å². The molecule has 2 heterocycles. The summed E-state index contributed by atoms with van der Waals surface area (Å²) in [7, 11) is 0. The van der Waals surface area contributed by atoms with E-state index in [0.717, 1.165) is 37.2 Å². The van der Waals surface area contributed by atoms with Gasteiger partial charge in [0.1, 0.15) is 19.0 Å². The van der Waals surface area contributed by atoms with Gasteiger partial charge in [0, 0.05) is 17.2 Å². The molecule has 0 radical (unpaired) electrons. The van der Waals surface area contributed by atoms with E-state index in [2.05, 4.69) is 0 Å². The molecule has 0 amide bonds. The molecule has 21 heavy (non-hydrogen) atoms. The van der Waals surface area contributed by atoms with Crippen LogP contribution in [0.15, 0.2) is 23.8 Å². The molecule has 1 unspecified atom stereocenters. The van der Waals surface area contributed by atoms with Gasteiger partial charge in [-0.05, 0) is 43.5 Å². The van der Waals surface area contributed by atoms with Crippen molar-refractivity contribution in [2.24, 2.45) is 0 Å². The minimum atomic E-state index is -0.352. The summed E-state index contributed by atoms with van der Waals surface area (Å²) in [5, 5.41) is 0.610. The number of hydrogen-bond donors (Lipinski definition) is 0. The van der Waals surface area contributed by atoms with Crippen LogP contribution in [-0.4, -0.2) is 31.9 Å².